The van der Waals surface area contributed by atoms with Gasteiger partial charge in [-0.05, 0) is 41.8 Å². The van der Waals surface area contributed by atoms with Crippen LogP contribution in [0, 0.1) is 0 Å². The number of rotatable bonds is 4. The van der Waals surface area contributed by atoms with Crippen LogP contribution in [0.5, 0.6) is 0 Å². The highest BCUT2D eigenvalue weighted by molar-refractivity contribution is 5.74. The van der Waals surface area contributed by atoms with Gasteiger partial charge in [0, 0.05) is 0 Å². The third-order valence-corrected chi connectivity index (χ3v) is 1.79. The van der Waals surface area contributed by atoms with Crippen LogP contribution in [0.3, 0.4) is 0 Å². The maximum atomic E-state index is 10.9. The number of carboxylic acid groups (broad SMARTS) is 1. The van der Waals surface area contributed by atoms with Crippen molar-refractivity contribution < 1.29 is 14.6 Å². The zero-order chi connectivity index (χ0) is 11.5. The molecule has 0 unspecified atom stereocenters. The lowest BCUT2D eigenvalue weighted by Crippen LogP contribution is -2.47. The summed E-state index contributed by atoms with van der Waals surface area (Å²) >= 11 is 0. The molecule has 0 aromatic carbocycles. The number of nitrogens with zero attached hydrogens (tertiary/aromatic N) is 1. The van der Waals surface area contributed by atoms with Gasteiger partial charge in [-0.1, -0.05) is 0 Å². The maximum Gasteiger partial charge on any atom is 0.323 e. The van der Waals surface area contributed by atoms with Crippen LogP contribution < -0.4 is 0 Å². The van der Waals surface area contributed by atoms with Gasteiger partial charge in [-0.3, -0.25) is 9.69 Å². The summed E-state index contributed by atoms with van der Waals surface area (Å²) in [5.41, 5.74) is -0.316. The van der Waals surface area contributed by atoms with Crippen molar-refractivity contribution in [3.05, 3.63) is 0 Å². The molecule has 0 saturated carbocycles. The highest BCUT2D eigenvalue weighted by Gasteiger charge is 2.30. The smallest absolute Gasteiger partial charge is 0.323 e. The van der Waals surface area contributed by atoms with Crippen molar-refractivity contribution in [1.29, 1.82) is 0 Å². The molecule has 0 fully saturated rings. The Labute approximate surface area is 85.9 Å². The average Bonchev–Trinajstić information content (AvgIpc) is 1.78. The normalized spacial score (nSPS) is 16.8. The molecule has 1 N–H and O–H groups in total. The van der Waals surface area contributed by atoms with E-state index in [2.05, 4.69) is 0 Å². The first-order chi connectivity index (χ1) is 6.15. The number of likely N-dealkylation sites (N-methyl/N-ethyl adjacent to an activating group) is 1. The zero-order valence-electron chi connectivity index (χ0n) is 9.87. The van der Waals surface area contributed by atoms with Crippen molar-refractivity contribution >= 4 is 5.97 Å². The van der Waals surface area contributed by atoms with Crippen molar-refractivity contribution in [2.24, 2.45) is 0 Å². The minimum Gasteiger partial charge on any atom is -0.480 e. The van der Waals surface area contributed by atoms with Crippen molar-refractivity contribution in [1.82, 2.24) is 4.90 Å². The van der Waals surface area contributed by atoms with Crippen molar-refractivity contribution in [2.75, 3.05) is 14.1 Å². The Morgan fingerprint density at radius 3 is 2.00 bits per heavy atom. The van der Waals surface area contributed by atoms with E-state index in [9.17, 15) is 4.79 Å². The lowest BCUT2D eigenvalue weighted by atomic mass is 10.1. The summed E-state index contributed by atoms with van der Waals surface area (Å²) in [7, 11) is 3.47. The number of aliphatic carboxylic acids is 1. The monoisotopic (exact) mass is 203 g/mol. The van der Waals surface area contributed by atoms with Gasteiger partial charge in [-0.15, -0.1) is 0 Å². The maximum absolute atomic E-state index is 10.9. The van der Waals surface area contributed by atoms with Gasteiger partial charge in [0.05, 0.1) is 11.7 Å². The quantitative estimate of drug-likeness (QED) is 0.746. The van der Waals surface area contributed by atoms with E-state index in [1.54, 1.807) is 25.9 Å². The summed E-state index contributed by atoms with van der Waals surface area (Å²) < 4.78 is 5.60. The van der Waals surface area contributed by atoms with E-state index in [1.165, 1.54) is 0 Å². The van der Waals surface area contributed by atoms with Crippen LogP contribution in [0.1, 0.15) is 27.7 Å². The van der Waals surface area contributed by atoms with Gasteiger partial charge in [0.2, 0.25) is 0 Å². The highest BCUT2D eigenvalue weighted by Crippen LogP contribution is 2.15. The third kappa shape index (κ3) is 4.58. The van der Waals surface area contributed by atoms with Gasteiger partial charge in [-0.25, -0.2) is 0 Å². The first kappa shape index (κ1) is 13.4. The summed E-state index contributed by atoms with van der Waals surface area (Å²) in [5, 5.41) is 8.99. The molecule has 0 aromatic rings. The van der Waals surface area contributed by atoms with E-state index in [0.29, 0.717) is 0 Å². The summed E-state index contributed by atoms with van der Waals surface area (Å²) in [5.74, 6) is -0.855. The SMILES string of the molecule is C[C@@H](OC(C)(C)C)[C@@H](C(=O)O)N(C)C. The fourth-order valence-corrected chi connectivity index (χ4v) is 1.46. The molecule has 0 radical (unpaired) electrons. The molecule has 0 aliphatic carbocycles. The van der Waals surface area contributed by atoms with Gasteiger partial charge in [-0.2, -0.15) is 0 Å². The van der Waals surface area contributed by atoms with E-state index in [0.717, 1.165) is 0 Å². The van der Waals surface area contributed by atoms with Crippen LogP contribution in [0.15, 0.2) is 0 Å². The molecule has 0 spiro atoms. The standard InChI is InChI=1S/C10H21NO3/c1-7(14-10(2,3)4)8(9(12)13)11(5)6/h7-8H,1-6H3,(H,12,13)/t7-,8+/m1/s1. The van der Waals surface area contributed by atoms with Gasteiger partial charge < -0.3 is 9.84 Å². The Balaban J connectivity index is 4.46. The van der Waals surface area contributed by atoms with Crippen LogP contribution in [-0.2, 0) is 9.53 Å². The second kappa shape index (κ2) is 4.75. The molecule has 0 bridgehead atoms. The fraction of sp³-hybridized carbons (Fsp3) is 0.900. The minimum absolute atomic E-state index is 0.316. The summed E-state index contributed by atoms with van der Waals surface area (Å²) in [4.78, 5) is 12.6. The summed E-state index contributed by atoms with van der Waals surface area (Å²) in [6.07, 6.45) is -0.331. The third-order valence-electron chi connectivity index (χ3n) is 1.79. The molecule has 0 saturated heterocycles. The average molecular weight is 203 g/mol. The topological polar surface area (TPSA) is 49.8 Å². The van der Waals surface area contributed by atoms with Gasteiger partial charge in [0.15, 0.2) is 0 Å². The molecule has 0 heterocycles. The predicted octanol–water partition coefficient (Wildman–Crippen LogP) is 1.20. The molecule has 0 aliphatic heterocycles. The van der Waals surface area contributed by atoms with E-state index in [-0.39, 0.29) is 11.7 Å². The minimum atomic E-state index is -0.855. The van der Waals surface area contributed by atoms with Crippen molar-refractivity contribution in [3.63, 3.8) is 0 Å². The molecule has 4 heteroatoms. The number of carbonyl (C=O) groups is 1. The molecule has 14 heavy (non-hydrogen) atoms. The lowest BCUT2D eigenvalue weighted by molar-refractivity contribution is -0.153. The second-order valence-electron chi connectivity index (χ2n) is 4.68. The zero-order valence-corrected chi connectivity index (χ0v) is 9.87. The van der Waals surface area contributed by atoms with Crippen LogP contribution in [-0.4, -0.2) is 47.8 Å². The van der Waals surface area contributed by atoms with Gasteiger partial charge in [0.25, 0.3) is 0 Å². The molecular weight excluding hydrogens is 182 g/mol. The number of hydrogen-bond donors (Lipinski definition) is 1. The highest BCUT2D eigenvalue weighted by atomic mass is 16.5. The fourth-order valence-electron chi connectivity index (χ4n) is 1.46. The molecule has 2 atom stereocenters. The molecule has 0 amide bonds. The number of ether oxygens (including phenoxy) is 1. The predicted molar refractivity (Wildman–Crippen MR) is 55.4 cm³/mol. The number of hydrogen-bond acceptors (Lipinski definition) is 3. The molecule has 0 aliphatic rings. The molecule has 4 nitrogen and oxygen atoms in total. The molecule has 0 rings (SSSR count). The number of carboxylic acids is 1. The summed E-state index contributed by atoms with van der Waals surface area (Å²) in [6, 6.07) is -0.603. The first-order valence-electron chi connectivity index (χ1n) is 4.72. The Bertz CT molecular complexity index is 196. The van der Waals surface area contributed by atoms with E-state index >= 15 is 0 Å². The first-order valence-corrected chi connectivity index (χ1v) is 4.72. The Morgan fingerprint density at radius 2 is 1.79 bits per heavy atom. The largest absolute Gasteiger partial charge is 0.480 e. The molecule has 0 aromatic heterocycles. The van der Waals surface area contributed by atoms with E-state index in [1.807, 2.05) is 20.8 Å². The Kier molecular flexibility index (Phi) is 4.55. The van der Waals surface area contributed by atoms with Crippen LogP contribution >= 0.6 is 0 Å². The van der Waals surface area contributed by atoms with Crippen LogP contribution in [0.25, 0.3) is 0 Å². The molecular formula is C10H21NO3. The van der Waals surface area contributed by atoms with Crippen LogP contribution in [0.4, 0.5) is 0 Å². The van der Waals surface area contributed by atoms with Gasteiger partial charge >= 0.3 is 5.97 Å². The Hall–Kier alpha value is -0.610. The van der Waals surface area contributed by atoms with E-state index < -0.39 is 12.0 Å². The van der Waals surface area contributed by atoms with Crippen molar-refractivity contribution in [3.8, 4) is 0 Å². The van der Waals surface area contributed by atoms with E-state index in [4.69, 9.17) is 9.84 Å². The molecule has 84 valence electrons. The Morgan fingerprint density at radius 1 is 1.36 bits per heavy atom. The van der Waals surface area contributed by atoms with Crippen molar-refractivity contribution in [2.45, 2.75) is 45.4 Å². The second-order valence-corrected chi connectivity index (χ2v) is 4.68. The summed E-state index contributed by atoms with van der Waals surface area (Å²) in [6.45, 7) is 7.53. The lowest BCUT2D eigenvalue weighted by Gasteiger charge is -2.31. The van der Waals surface area contributed by atoms with Crippen LogP contribution in [0.2, 0.25) is 0 Å². The van der Waals surface area contributed by atoms with Gasteiger partial charge in [0.1, 0.15) is 6.04 Å².